The minimum absolute atomic E-state index is 0.0106. The normalized spacial score (nSPS) is 23.1. The molecule has 4 heterocycles. The van der Waals surface area contributed by atoms with Crippen molar-refractivity contribution in [1.29, 1.82) is 0 Å². The lowest BCUT2D eigenvalue weighted by Crippen LogP contribution is -2.42. The van der Waals surface area contributed by atoms with Gasteiger partial charge >= 0.3 is 0 Å². The van der Waals surface area contributed by atoms with Gasteiger partial charge in [0.2, 0.25) is 17.5 Å². The molecule has 0 aliphatic carbocycles. The number of anilines is 2. The van der Waals surface area contributed by atoms with Gasteiger partial charge in [0.25, 0.3) is 12.2 Å². The molecule has 14 heteroatoms. The summed E-state index contributed by atoms with van der Waals surface area (Å²) in [5, 5.41) is 33.0. The van der Waals surface area contributed by atoms with E-state index in [1.807, 2.05) is 36.4 Å². The van der Waals surface area contributed by atoms with Crippen molar-refractivity contribution in [3.05, 3.63) is 78.1 Å². The van der Waals surface area contributed by atoms with E-state index in [1.165, 1.54) is 11.1 Å². The monoisotopic (exact) mass is 602 g/mol. The van der Waals surface area contributed by atoms with Crippen molar-refractivity contribution in [3.63, 3.8) is 0 Å². The molecule has 6 rings (SSSR count). The zero-order valence-corrected chi connectivity index (χ0v) is 24.0. The van der Waals surface area contributed by atoms with Gasteiger partial charge < -0.3 is 41.1 Å². The van der Waals surface area contributed by atoms with E-state index in [-0.39, 0.29) is 35.9 Å². The number of aliphatic hydroxyl groups is 2. The van der Waals surface area contributed by atoms with Gasteiger partial charge in [-0.15, -0.1) is 4.73 Å². The van der Waals surface area contributed by atoms with Gasteiger partial charge in [0.1, 0.15) is 18.5 Å². The van der Waals surface area contributed by atoms with Crippen LogP contribution in [0.4, 0.5) is 11.8 Å². The fraction of sp³-hybridized carbons (Fsp3) is 0.367. The standard InChI is InChI=1S/C30H34N8O6/c1-2-31-28(42)25-23(40)24(41)29(43-25)44-38-16-34-22-26(36-30(37-27(22)38)35-19-13-21(39)32-14-19)33-15-20(17-9-5-3-6-10-17)18-11-7-4-8-12-18/h3-12,16,19-20,23-25,29,40-41H,2,13-15H2,1H3,(H,31,42)(H,32,39)(H2,33,35,36,37)/t19?,23-,24+,25-,29-/m0/s1. The number of fused-ring (bicyclic) bond motifs is 1. The highest BCUT2D eigenvalue weighted by atomic mass is 16.8. The fourth-order valence-corrected chi connectivity index (χ4v) is 5.37. The minimum atomic E-state index is -1.51. The molecule has 6 N–H and O–H groups in total. The van der Waals surface area contributed by atoms with Crippen LogP contribution in [0, 0.1) is 0 Å². The quantitative estimate of drug-likeness (QED) is 0.139. The summed E-state index contributed by atoms with van der Waals surface area (Å²) in [6.07, 6.45) is -4.08. The van der Waals surface area contributed by atoms with Gasteiger partial charge in [0, 0.05) is 32.0 Å². The molecule has 0 radical (unpaired) electrons. The van der Waals surface area contributed by atoms with E-state index in [4.69, 9.17) is 14.6 Å². The number of hydrogen-bond acceptors (Lipinski definition) is 11. The Kier molecular flexibility index (Phi) is 8.54. The van der Waals surface area contributed by atoms with Crippen molar-refractivity contribution < 1.29 is 29.4 Å². The summed E-state index contributed by atoms with van der Waals surface area (Å²) in [4.78, 5) is 43.8. The van der Waals surface area contributed by atoms with Crippen LogP contribution in [0.5, 0.6) is 0 Å². The predicted octanol–water partition coefficient (Wildman–Crippen LogP) is 0.382. The molecule has 230 valence electrons. The first-order chi connectivity index (χ1) is 21.4. The molecule has 0 saturated carbocycles. The largest absolute Gasteiger partial charge is 0.387 e. The second-order valence-electron chi connectivity index (χ2n) is 10.6. The van der Waals surface area contributed by atoms with Gasteiger partial charge in [-0.3, -0.25) is 9.59 Å². The number of benzene rings is 2. The number of imidazole rings is 1. The van der Waals surface area contributed by atoms with Gasteiger partial charge in [0.15, 0.2) is 17.4 Å². The van der Waals surface area contributed by atoms with Crippen molar-refractivity contribution in [3.8, 4) is 0 Å². The molecule has 2 aromatic carbocycles. The Morgan fingerprint density at radius 2 is 1.80 bits per heavy atom. The van der Waals surface area contributed by atoms with E-state index in [9.17, 15) is 19.8 Å². The number of carbonyl (C=O) groups excluding carboxylic acids is 2. The summed E-state index contributed by atoms with van der Waals surface area (Å²) in [5.74, 6) is 0.00472. The number of nitrogens with zero attached hydrogens (tertiary/aromatic N) is 4. The van der Waals surface area contributed by atoms with E-state index >= 15 is 0 Å². The van der Waals surface area contributed by atoms with Gasteiger partial charge in [0.05, 0.1) is 6.04 Å². The predicted molar refractivity (Wildman–Crippen MR) is 160 cm³/mol. The first-order valence-electron chi connectivity index (χ1n) is 14.5. The third kappa shape index (κ3) is 6.13. The molecular weight excluding hydrogens is 568 g/mol. The van der Waals surface area contributed by atoms with Crippen molar-refractivity contribution in [2.24, 2.45) is 0 Å². The first kappa shape index (κ1) is 29.3. The van der Waals surface area contributed by atoms with Crippen LogP contribution >= 0.6 is 0 Å². The number of aliphatic hydroxyl groups excluding tert-OH is 2. The highest BCUT2D eigenvalue weighted by Crippen LogP contribution is 2.28. The maximum atomic E-state index is 12.3. The highest BCUT2D eigenvalue weighted by molar-refractivity contribution is 5.85. The third-order valence-corrected chi connectivity index (χ3v) is 7.60. The Labute approximate surface area is 252 Å². The zero-order valence-electron chi connectivity index (χ0n) is 24.0. The molecule has 2 aromatic heterocycles. The van der Waals surface area contributed by atoms with Crippen LogP contribution in [0.15, 0.2) is 67.0 Å². The second kappa shape index (κ2) is 12.8. The summed E-state index contributed by atoms with van der Waals surface area (Å²) < 4.78 is 6.78. The van der Waals surface area contributed by atoms with Crippen LogP contribution in [0.1, 0.15) is 30.4 Å². The van der Waals surface area contributed by atoms with E-state index in [0.717, 1.165) is 11.1 Å². The molecule has 44 heavy (non-hydrogen) atoms. The van der Waals surface area contributed by atoms with Crippen LogP contribution in [0.25, 0.3) is 11.2 Å². The number of nitrogens with one attached hydrogen (secondary N) is 4. The maximum absolute atomic E-state index is 12.3. The molecule has 0 spiro atoms. The number of ether oxygens (including phenoxy) is 1. The second-order valence-corrected chi connectivity index (χ2v) is 10.6. The lowest BCUT2D eigenvalue weighted by Gasteiger charge is -2.20. The van der Waals surface area contributed by atoms with E-state index in [2.05, 4.69) is 55.5 Å². The Hall–Kier alpha value is -4.79. The van der Waals surface area contributed by atoms with E-state index < -0.39 is 30.5 Å². The number of amides is 2. The Balaban J connectivity index is 1.30. The number of rotatable bonds is 11. The first-order valence-corrected chi connectivity index (χ1v) is 14.5. The molecular formula is C30H34N8O6. The van der Waals surface area contributed by atoms with Gasteiger partial charge in [-0.1, -0.05) is 60.7 Å². The molecule has 2 aliphatic rings. The molecule has 0 bridgehead atoms. The van der Waals surface area contributed by atoms with Crippen LogP contribution in [-0.2, 0) is 14.3 Å². The van der Waals surface area contributed by atoms with Crippen LogP contribution < -0.4 is 26.1 Å². The van der Waals surface area contributed by atoms with E-state index in [1.54, 1.807) is 6.92 Å². The molecule has 2 aliphatic heterocycles. The third-order valence-electron chi connectivity index (χ3n) is 7.60. The lowest BCUT2D eigenvalue weighted by atomic mass is 9.91. The number of likely N-dealkylation sites (N-methyl/N-ethyl adjacent to an activating group) is 1. The molecule has 2 amide bonds. The summed E-state index contributed by atoms with van der Waals surface area (Å²) >= 11 is 0. The average molecular weight is 603 g/mol. The topological polar surface area (TPSA) is 185 Å². The average Bonchev–Trinajstić information content (AvgIpc) is 3.72. The molecule has 1 unspecified atom stereocenters. The van der Waals surface area contributed by atoms with Crippen LogP contribution in [0.3, 0.4) is 0 Å². The smallest absolute Gasteiger partial charge is 0.254 e. The zero-order chi connectivity index (χ0) is 30.6. The highest BCUT2D eigenvalue weighted by Gasteiger charge is 2.48. The number of aromatic nitrogens is 4. The molecule has 14 nitrogen and oxygen atoms in total. The van der Waals surface area contributed by atoms with Crippen LogP contribution in [0.2, 0.25) is 0 Å². The summed E-state index contributed by atoms with van der Waals surface area (Å²) in [6.45, 7) is 2.96. The summed E-state index contributed by atoms with van der Waals surface area (Å²) in [5.41, 5.74) is 2.85. The molecule has 4 aromatic rings. The summed E-state index contributed by atoms with van der Waals surface area (Å²) in [6, 6.07) is 20.0. The van der Waals surface area contributed by atoms with Crippen molar-refractivity contribution >= 4 is 34.7 Å². The SMILES string of the molecule is CCNC(=O)[C@H]1O[C@@H](On2cnc3c(NCC(c4ccccc4)c4ccccc4)nc(NC4CNC(=O)C4)nc32)[C@H](O)[C@@H]1O. The fourth-order valence-electron chi connectivity index (χ4n) is 5.37. The number of carbonyl (C=O) groups is 2. The lowest BCUT2D eigenvalue weighted by molar-refractivity contribution is -0.171. The molecule has 5 atom stereocenters. The van der Waals surface area contributed by atoms with E-state index in [0.29, 0.717) is 31.0 Å². The van der Waals surface area contributed by atoms with Crippen molar-refractivity contribution in [1.82, 2.24) is 30.3 Å². The molecule has 2 saturated heterocycles. The van der Waals surface area contributed by atoms with Crippen molar-refractivity contribution in [2.45, 2.75) is 49.9 Å². The number of hydrogen-bond donors (Lipinski definition) is 6. The Bertz CT molecular complexity index is 1560. The van der Waals surface area contributed by atoms with Gasteiger partial charge in [-0.2, -0.15) is 9.97 Å². The Morgan fingerprint density at radius 3 is 2.43 bits per heavy atom. The maximum Gasteiger partial charge on any atom is 0.254 e. The van der Waals surface area contributed by atoms with Crippen LogP contribution in [-0.4, -0.2) is 92.0 Å². The Morgan fingerprint density at radius 1 is 1.09 bits per heavy atom. The summed E-state index contributed by atoms with van der Waals surface area (Å²) in [7, 11) is 0. The molecule has 2 fully saturated rings. The van der Waals surface area contributed by atoms with Gasteiger partial charge in [-0.25, -0.2) is 4.98 Å². The van der Waals surface area contributed by atoms with Gasteiger partial charge in [-0.05, 0) is 18.1 Å². The van der Waals surface area contributed by atoms with Crippen molar-refractivity contribution in [2.75, 3.05) is 30.3 Å². The minimum Gasteiger partial charge on any atom is -0.387 e.